The van der Waals surface area contributed by atoms with Crippen molar-refractivity contribution in [1.82, 2.24) is 19.7 Å². The van der Waals surface area contributed by atoms with E-state index in [0.29, 0.717) is 0 Å². The molecule has 5 heteroatoms. The number of fused-ring (bicyclic) bond motifs is 2. The molecule has 0 bridgehead atoms. The van der Waals surface area contributed by atoms with Crippen LogP contribution in [0.4, 0.5) is 11.5 Å². The minimum Gasteiger partial charge on any atom is -0.325 e. The molecule has 0 saturated heterocycles. The summed E-state index contributed by atoms with van der Waals surface area (Å²) in [6.07, 6.45) is 4.55. The lowest BCUT2D eigenvalue weighted by atomic mass is 10.1. The molecule has 0 unspecified atom stereocenters. The van der Waals surface area contributed by atoms with Gasteiger partial charge in [0.15, 0.2) is 5.65 Å². The lowest BCUT2D eigenvalue weighted by Gasteiger charge is -2.18. The molecule has 0 aliphatic carbocycles. The maximum Gasteiger partial charge on any atom is 0.168 e. The first-order chi connectivity index (χ1) is 12.7. The summed E-state index contributed by atoms with van der Waals surface area (Å²) in [6, 6.07) is 14.9. The summed E-state index contributed by atoms with van der Waals surface area (Å²) in [5, 5.41) is 5.59. The van der Waals surface area contributed by atoms with Gasteiger partial charge < -0.3 is 4.90 Å². The fraction of sp³-hybridized carbons (Fsp3) is 0.190. The van der Waals surface area contributed by atoms with Gasteiger partial charge in [-0.1, -0.05) is 24.3 Å². The van der Waals surface area contributed by atoms with Crippen LogP contribution in [0.1, 0.15) is 16.7 Å². The van der Waals surface area contributed by atoms with Gasteiger partial charge in [0.05, 0.1) is 17.3 Å². The molecule has 0 radical (unpaired) electrons. The maximum atomic E-state index is 4.61. The van der Waals surface area contributed by atoms with E-state index >= 15 is 0 Å². The lowest BCUT2D eigenvalue weighted by molar-refractivity contribution is 0.892. The number of rotatable bonds is 2. The Bertz CT molecular complexity index is 1130. The second-order valence-electron chi connectivity index (χ2n) is 6.79. The molecule has 2 aromatic heterocycles. The number of aryl methyl sites for hydroxylation is 2. The second kappa shape index (κ2) is 5.66. The highest BCUT2D eigenvalue weighted by atomic mass is 15.3. The Morgan fingerprint density at radius 2 is 1.85 bits per heavy atom. The highest BCUT2D eigenvalue weighted by molar-refractivity contribution is 5.91. The Kier molecular flexibility index (Phi) is 3.28. The van der Waals surface area contributed by atoms with Crippen LogP contribution < -0.4 is 4.90 Å². The Balaban J connectivity index is 1.66. The molecule has 0 saturated carbocycles. The largest absolute Gasteiger partial charge is 0.325 e. The van der Waals surface area contributed by atoms with Gasteiger partial charge in [-0.05, 0) is 55.2 Å². The van der Waals surface area contributed by atoms with Crippen molar-refractivity contribution in [2.24, 2.45) is 0 Å². The van der Waals surface area contributed by atoms with Gasteiger partial charge in [-0.2, -0.15) is 5.10 Å². The van der Waals surface area contributed by atoms with E-state index < -0.39 is 0 Å². The van der Waals surface area contributed by atoms with Crippen LogP contribution in [-0.2, 0) is 6.42 Å². The average Bonchev–Trinajstić information content (AvgIpc) is 3.28. The summed E-state index contributed by atoms with van der Waals surface area (Å²) in [6.45, 7) is 5.16. The summed E-state index contributed by atoms with van der Waals surface area (Å²) in [4.78, 5) is 11.4. The summed E-state index contributed by atoms with van der Waals surface area (Å²) in [5.41, 5.74) is 6.97. The van der Waals surface area contributed by atoms with Gasteiger partial charge >= 0.3 is 0 Å². The van der Waals surface area contributed by atoms with Crippen molar-refractivity contribution >= 4 is 22.5 Å². The Morgan fingerprint density at radius 3 is 2.73 bits per heavy atom. The molecule has 0 amide bonds. The SMILES string of the molecule is Cc1ccc(-n2ncc3c(N4CCc5ccccc54)ncnc32)cc1C. The molecule has 2 aromatic carbocycles. The van der Waals surface area contributed by atoms with E-state index in [4.69, 9.17) is 0 Å². The number of benzene rings is 2. The van der Waals surface area contributed by atoms with Crippen LogP contribution in [-0.4, -0.2) is 26.3 Å². The van der Waals surface area contributed by atoms with Crippen molar-refractivity contribution in [3.63, 3.8) is 0 Å². The van der Waals surface area contributed by atoms with E-state index in [1.165, 1.54) is 22.4 Å². The standard InChI is InChI=1S/C21H19N5/c1-14-7-8-17(11-15(14)2)26-21-18(12-24-26)20(22-13-23-21)25-10-9-16-5-3-4-6-19(16)25/h3-8,11-13H,9-10H2,1-2H3. The summed E-state index contributed by atoms with van der Waals surface area (Å²) in [7, 11) is 0. The first-order valence-electron chi connectivity index (χ1n) is 8.84. The monoisotopic (exact) mass is 341 g/mol. The maximum absolute atomic E-state index is 4.61. The first kappa shape index (κ1) is 15.1. The quantitative estimate of drug-likeness (QED) is 0.550. The summed E-state index contributed by atoms with van der Waals surface area (Å²) in [5.74, 6) is 0.926. The number of anilines is 2. The molecule has 1 aliphatic rings. The number of hydrogen-bond acceptors (Lipinski definition) is 4. The first-order valence-corrected chi connectivity index (χ1v) is 8.84. The topological polar surface area (TPSA) is 46.8 Å². The normalized spacial score (nSPS) is 13.4. The molecule has 1 aliphatic heterocycles. The number of hydrogen-bond donors (Lipinski definition) is 0. The smallest absolute Gasteiger partial charge is 0.168 e. The zero-order valence-corrected chi connectivity index (χ0v) is 14.8. The van der Waals surface area contributed by atoms with Crippen LogP contribution in [0.2, 0.25) is 0 Å². The van der Waals surface area contributed by atoms with Crippen LogP contribution in [0.25, 0.3) is 16.7 Å². The predicted molar refractivity (Wildman–Crippen MR) is 103 cm³/mol. The average molecular weight is 341 g/mol. The van der Waals surface area contributed by atoms with E-state index in [1.54, 1.807) is 6.33 Å². The van der Waals surface area contributed by atoms with Gasteiger partial charge in [0.2, 0.25) is 0 Å². The molecule has 4 aromatic rings. The van der Waals surface area contributed by atoms with Crippen LogP contribution in [0.3, 0.4) is 0 Å². The van der Waals surface area contributed by atoms with E-state index in [2.05, 4.69) is 76.3 Å². The van der Waals surface area contributed by atoms with Crippen molar-refractivity contribution in [2.45, 2.75) is 20.3 Å². The number of nitrogens with zero attached hydrogens (tertiary/aromatic N) is 5. The van der Waals surface area contributed by atoms with Gasteiger partial charge in [-0.3, -0.25) is 0 Å². The Hall–Kier alpha value is -3.21. The Labute approximate surface area is 151 Å². The zero-order chi connectivity index (χ0) is 17.7. The van der Waals surface area contributed by atoms with Gasteiger partial charge in [-0.15, -0.1) is 0 Å². The van der Waals surface area contributed by atoms with Crippen LogP contribution in [0, 0.1) is 13.8 Å². The van der Waals surface area contributed by atoms with Crippen molar-refractivity contribution < 1.29 is 0 Å². The molecule has 0 atom stereocenters. The van der Waals surface area contributed by atoms with Crippen LogP contribution in [0.5, 0.6) is 0 Å². The van der Waals surface area contributed by atoms with Gasteiger partial charge in [0.25, 0.3) is 0 Å². The third-order valence-corrected chi connectivity index (χ3v) is 5.22. The van der Waals surface area contributed by atoms with Crippen molar-refractivity contribution in [3.8, 4) is 5.69 Å². The highest BCUT2D eigenvalue weighted by Gasteiger charge is 2.24. The molecule has 128 valence electrons. The van der Waals surface area contributed by atoms with Crippen molar-refractivity contribution in [2.75, 3.05) is 11.4 Å². The third kappa shape index (κ3) is 2.20. The molecular weight excluding hydrogens is 322 g/mol. The fourth-order valence-electron chi connectivity index (χ4n) is 3.65. The predicted octanol–water partition coefficient (Wildman–Crippen LogP) is 4.13. The molecule has 26 heavy (non-hydrogen) atoms. The number of aromatic nitrogens is 4. The Morgan fingerprint density at radius 1 is 0.962 bits per heavy atom. The molecular formula is C21H19N5. The highest BCUT2D eigenvalue weighted by Crippen LogP contribution is 2.36. The van der Waals surface area contributed by atoms with E-state index in [-0.39, 0.29) is 0 Å². The molecule has 0 N–H and O–H groups in total. The van der Waals surface area contributed by atoms with E-state index in [0.717, 1.165) is 35.5 Å². The summed E-state index contributed by atoms with van der Waals surface area (Å²) < 4.78 is 1.90. The molecule has 3 heterocycles. The second-order valence-corrected chi connectivity index (χ2v) is 6.79. The van der Waals surface area contributed by atoms with E-state index in [1.807, 2.05) is 10.9 Å². The van der Waals surface area contributed by atoms with Gasteiger partial charge in [-0.25, -0.2) is 14.6 Å². The molecule has 0 spiro atoms. The van der Waals surface area contributed by atoms with Gasteiger partial charge in [0, 0.05) is 12.2 Å². The van der Waals surface area contributed by atoms with Crippen molar-refractivity contribution in [1.29, 1.82) is 0 Å². The van der Waals surface area contributed by atoms with Crippen molar-refractivity contribution in [3.05, 3.63) is 71.7 Å². The number of para-hydroxylation sites is 1. The van der Waals surface area contributed by atoms with Crippen LogP contribution in [0.15, 0.2) is 55.0 Å². The zero-order valence-electron chi connectivity index (χ0n) is 14.8. The molecule has 5 nitrogen and oxygen atoms in total. The summed E-state index contributed by atoms with van der Waals surface area (Å²) >= 11 is 0. The fourth-order valence-corrected chi connectivity index (χ4v) is 3.65. The minimum absolute atomic E-state index is 0.836. The molecule has 0 fully saturated rings. The van der Waals surface area contributed by atoms with Crippen LogP contribution >= 0.6 is 0 Å². The lowest BCUT2D eigenvalue weighted by Crippen LogP contribution is -2.15. The van der Waals surface area contributed by atoms with Gasteiger partial charge in [0.1, 0.15) is 12.1 Å². The minimum atomic E-state index is 0.836. The van der Waals surface area contributed by atoms with E-state index in [9.17, 15) is 0 Å². The molecule has 5 rings (SSSR count). The third-order valence-electron chi connectivity index (χ3n) is 5.22.